The second kappa shape index (κ2) is 4.94. The van der Waals surface area contributed by atoms with Crippen LogP contribution in [0.2, 0.25) is 0 Å². The summed E-state index contributed by atoms with van der Waals surface area (Å²) in [6, 6.07) is 0. The predicted molar refractivity (Wildman–Crippen MR) is 75.7 cm³/mol. The fourth-order valence-electron chi connectivity index (χ4n) is 3.90. The third-order valence-electron chi connectivity index (χ3n) is 3.72. The molecule has 96 valence electrons. The summed E-state index contributed by atoms with van der Waals surface area (Å²) in [5.41, 5.74) is 2.65. The van der Waals surface area contributed by atoms with E-state index in [2.05, 4.69) is 48.1 Å². The normalized spacial score (nSPS) is 25.2. The van der Waals surface area contributed by atoms with E-state index < -0.39 is 0 Å². The molecule has 0 spiro atoms. The van der Waals surface area contributed by atoms with Crippen LogP contribution in [0.3, 0.4) is 0 Å². The van der Waals surface area contributed by atoms with Crippen molar-refractivity contribution in [2.24, 2.45) is 16.2 Å². The Bertz CT molecular complexity index is 227. The molecule has 0 aliphatic heterocycles. The van der Waals surface area contributed by atoms with Crippen molar-refractivity contribution in [3.63, 3.8) is 0 Å². The quantitative estimate of drug-likeness (QED) is 0.491. The zero-order valence-corrected chi connectivity index (χ0v) is 12.8. The average Bonchev–Trinajstić information content (AvgIpc) is 2.00. The molecule has 0 bridgehead atoms. The number of rotatable bonds is 1. The molecular weight excluding hydrogens is 192 g/mol. The minimum Gasteiger partial charge on any atom is -0.0996 e. The Balaban J connectivity index is 0.00000106. The van der Waals surface area contributed by atoms with Crippen LogP contribution >= 0.6 is 0 Å². The highest BCUT2D eigenvalue weighted by Gasteiger charge is 2.44. The van der Waals surface area contributed by atoms with Gasteiger partial charge in [-0.2, -0.15) is 0 Å². The Kier molecular flexibility index (Phi) is 4.86. The highest BCUT2D eigenvalue weighted by atomic mass is 14.5. The molecule has 0 radical (unpaired) electrons. The first-order valence-corrected chi connectivity index (χ1v) is 6.72. The van der Waals surface area contributed by atoms with Gasteiger partial charge in [0.2, 0.25) is 0 Å². The lowest BCUT2D eigenvalue weighted by Crippen LogP contribution is -2.40. The van der Waals surface area contributed by atoms with Gasteiger partial charge in [0.1, 0.15) is 0 Å². The molecule has 0 N–H and O–H groups in total. The molecule has 1 rings (SSSR count). The number of allylic oxidation sites excluding steroid dienone is 1. The minimum atomic E-state index is 0.352. The standard InChI is InChI=1S/C14H26.C2H6/c1-11(2)14(7)9-12(3,4)8-13(5,6)10-14;1-2/h1,8-10H2,2-7H3;1-2H3. The summed E-state index contributed by atoms with van der Waals surface area (Å²) >= 11 is 0. The summed E-state index contributed by atoms with van der Waals surface area (Å²) < 4.78 is 0. The van der Waals surface area contributed by atoms with E-state index in [-0.39, 0.29) is 0 Å². The molecule has 1 aliphatic carbocycles. The van der Waals surface area contributed by atoms with Crippen molar-refractivity contribution in [3.05, 3.63) is 12.2 Å². The average molecular weight is 224 g/mol. The lowest BCUT2D eigenvalue weighted by Gasteiger charge is -2.51. The van der Waals surface area contributed by atoms with E-state index in [0.29, 0.717) is 16.2 Å². The largest absolute Gasteiger partial charge is 0.0996 e. The van der Waals surface area contributed by atoms with Gasteiger partial charge in [-0.25, -0.2) is 0 Å². The molecule has 0 saturated heterocycles. The summed E-state index contributed by atoms with van der Waals surface area (Å²) in [6.07, 6.45) is 3.92. The molecule has 0 unspecified atom stereocenters. The highest BCUT2D eigenvalue weighted by Crippen LogP contribution is 2.56. The molecule has 1 saturated carbocycles. The van der Waals surface area contributed by atoms with E-state index in [0.717, 1.165) is 0 Å². The molecule has 0 aromatic heterocycles. The van der Waals surface area contributed by atoms with Crippen molar-refractivity contribution in [2.45, 2.75) is 74.7 Å². The third-order valence-corrected chi connectivity index (χ3v) is 3.72. The van der Waals surface area contributed by atoms with Crippen molar-refractivity contribution in [1.82, 2.24) is 0 Å². The van der Waals surface area contributed by atoms with Crippen LogP contribution in [0.1, 0.15) is 74.7 Å². The van der Waals surface area contributed by atoms with E-state index in [1.54, 1.807) is 0 Å². The van der Waals surface area contributed by atoms with Crippen LogP contribution in [0.5, 0.6) is 0 Å². The minimum absolute atomic E-state index is 0.352. The lowest BCUT2D eigenvalue weighted by molar-refractivity contribution is 0.0305. The van der Waals surface area contributed by atoms with Crippen LogP contribution < -0.4 is 0 Å². The Morgan fingerprint density at radius 1 is 0.812 bits per heavy atom. The van der Waals surface area contributed by atoms with Gasteiger partial charge in [0, 0.05) is 0 Å². The first-order chi connectivity index (χ1) is 7.06. The van der Waals surface area contributed by atoms with Crippen LogP contribution in [0.4, 0.5) is 0 Å². The molecule has 1 fully saturated rings. The Morgan fingerprint density at radius 2 is 1.12 bits per heavy atom. The topological polar surface area (TPSA) is 0 Å². The molecule has 0 amide bonds. The Morgan fingerprint density at radius 3 is 1.38 bits per heavy atom. The number of hydrogen-bond acceptors (Lipinski definition) is 0. The second-order valence-electron chi connectivity index (χ2n) is 7.20. The van der Waals surface area contributed by atoms with Gasteiger partial charge in [0.05, 0.1) is 0 Å². The fourth-order valence-corrected chi connectivity index (χ4v) is 3.90. The molecule has 0 atom stereocenters. The number of hydrogen-bond donors (Lipinski definition) is 0. The van der Waals surface area contributed by atoms with E-state index in [4.69, 9.17) is 0 Å². The lowest BCUT2D eigenvalue weighted by atomic mass is 9.54. The van der Waals surface area contributed by atoms with Crippen LogP contribution in [-0.2, 0) is 0 Å². The summed E-state index contributed by atoms with van der Waals surface area (Å²) in [7, 11) is 0. The van der Waals surface area contributed by atoms with E-state index in [1.807, 2.05) is 13.8 Å². The molecule has 1 aliphatic rings. The van der Waals surface area contributed by atoms with Gasteiger partial charge in [0.15, 0.2) is 0 Å². The maximum absolute atomic E-state index is 4.18. The fraction of sp³-hybridized carbons (Fsp3) is 0.875. The first kappa shape index (κ1) is 15.7. The molecule has 0 aromatic carbocycles. The van der Waals surface area contributed by atoms with Crippen LogP contribution in [0, 0.1) is 16.2 Å². The van der Waals surface area contributed by atoms with Gasteiger partial charge in [0.25, 0.3) is 0 Å². The predicted octanol–water partition coefficient (Wildman–Crippen LogP) is 5.83. The zero-order chi connectivity index (χ0) is 13.2. The summed E-state index contributed by atoms with van der Waals surface area (Å²) in [6.45, 7) is 22.4. The summed E-state index contributed by atoms with van der Waals surface area (Å²) in [5.74, 6) is 0. The van der Waals surface area contributed by atoms with Crippen LogP contribution in [0.15, 0.2) is 12.2 Å². The molecule has 0 heteroatoms. The van der Waals surface area contributed by atoms with Crippen molar-refractivity contribution >= 4 is 0 Å². The van der Waals surface area contributed by atoms with Crippen LogP contribution in [0.25, 0.3) is 0 Å². The van der Waals surface area contributed by atoms with E-state index in [9.17, 15) is 0 Å². The smallest absolute Gasteiger partial charge is 0.0112 e. The van der Waals surface area contributed by atoms with Crippen molar-refractivity contribution in [1.29, 1.82) is 0 Å². The zero-order valence-electron chi connectivity index (χ0n) is 12.8. The SMILES string of the molecule is C=C(C)C1(C)CC(C)(C)CC(C)(C)C1.CC. The molecule has 0 nitrogen and oxygen atoms in total. The molecular formula is C16H32. The van der Waals surface area contributed by atoms with Gasteiger partial charge < -0.3 is 0 Å². The van der Waals surface area contributed by atoms with Gasteiger partial charge in [-0.15, -0.1) is 0 Å². The van der Waals surface area contributed by atoms with Gasteiger partial charge in [-0.1, -0.05) is 60.6 Å². The third kappa shape index (κ3) is 3.96. The van der Waals surface area contributed by atoms with Crippen molar-refractivity contribution < 1.29 is 0 Å². The monoisotopic (exact) mass is 224 g/mol. The molecule has 0 aromatic rings. The van der Waals surface area contributed by atoms with Gasteiger partial charge in [-0.3, -0.25) is 0 Å². The Hall–Kier alpha value is -0.260. The van der Waals surface area contributed by atoms with Crippen LogP contribution in [-0.4, -0.2) is 0 Å². The van der Waals surface area contributed by atoms with Gasteiger partial charge >= 0.3 is 0 Å². The highest BCUT2D eigenvalue weighted by molar-refractivity contribution is 5.11. The second-order valence-corrected chi connectivity index (χ2v) is 7.20. The van der Waals surface area contributed by atoms with Gasteiger partial charge in [-0.05, 0) is 42.4 Å². The molecule has 16 heavy (non-hydrogen) atoms. The first-order valence-electron chi connectivity index (χ1n) is 6.72. The molecule has 0 heterocycles. The van der Waals surface area contributed by atoms with Crippen molar-refractivity contribution in [3.8, 4) is 0 Å². The van der Waals surface area contributed by atoms with Crippen molar-refractivity contribution in [2.75, 3.05) is 0 Å². The maximum atomic E-state index is 4.18. The summed E-state index contributed by atoms with van der Waals surface area (Å²) in [4.78, 5) is 0. The summed E-state index contributed by atoms with van der Waals surface area (Å²) in [5, 5.41) is 0. The Labute approximate surface area is 104 Å². The van der Waals surface area contributed by atoms with E-state index >= 15 is 0 Å². The maximum Gasteiger partial charge on any atom is -0.0112 e. The van der Waals surface area contributed by atoms with E-state index in [1.165, 1.54) is 24.8 Å².